The summed E-state index contributed by atoms with van der Waals surface area (Å²) in [5.74, 6) is 0.622. The van der Waals surface area contributed by atoms with Crippen LogP contribution in [0.1, 0.15) is 5.56 Å². The van der Waals surface area contributed by atoms with Crippen LogP contribution in [0, 0.1) is 0 Å². The first-order valence-electron chi connectivity index (χ1n) is 7.08. The van der Waals surface area contributed by atoms with E-state index in [1.807, 2.05) is 0 Å². The fourth-order valence-corrected chi connectivity index (χ4v) is 2.32. The lowest BCUT2D eigenvalue weighted by Crippen LogP contribution is -2.06. The van der Waals surface area contributed by atoms with Gasteiger partial charge < -0.3 is 13.9 Å². The Morgan fingerprint density at radius 2 is 1.60 bits per heavy atom. The van der Waals surface area contributed by atoms with Crippen molar-refractivity contribution in [1.82, 2.24) is 4.98 Å². The molecule has 1 heterocycles. The van der Waals surface area contributed by atoms with Gasteiger partial charge in [-0.1, -0.05) is 0 Å². The Hall–Kier alpha value is -3.03. The number of halogens is 3. The average Bonchev–Trinajstić information content (AvgIpc) is 2.60. The number of benzene rings is 2. The lowest BCUT2D eigenvalue weighted by Gasteiger charge is -2.09. The molecule has 5 nitrogen and oxygen atoms in total. The number of hydrogen-bond acceptors (Lipinski definition) is 5. The summed E-state index contributed by atoms with van der Waals surface area (Å²) in [6.45, 7) is 0. The highest BCUT2D eigenvalue weighted by molar-refractivity contribution is 5.82. The number of aromatic nitrogens is 1. The molecule has 0 spiro atoms. The topological polar surface area (TPSA) is 61.6 Å². The molecule has 0 N–H and O–H groups in total. The smallest absolute Gasteiger partial charge is 0.416 e. The monoisotopic (exact) mass is 351 g/mol. The van der Waals surface area contributed by atoms with E-state index in [1.165, 1.54) is 38.5 Å². The van der Waals surface area contributed by atoms with Crippen molar-refractivity contribution in [2.75, 3.05) is 14.2 Å². The number of fused-ring (bicyclic) bond motifs is 1. The third-order valence-electron chi connectivity index (χ3n) is 3.59. The molecule has 2 aromatic carbocycles. The summed E-state index contributed by atoms with van der Waals surface area (Å²) < 4.78 is 53.3. The zero-order valence-corrected chi connectivity index (χ0v) is 13.2. The maximum atomic E-state index is 12.6. The molecule has 0 bridgehead atoms. The summed E-state index contributed by atoms with van der Waals surface area (Å²) in [5.41, 5.74) is -0.947. The van der Waals surface area contributed by atoms with Gasteiger partial charge in [-0.15, -0.1) is 0 Å². The minimum absolute atomic E-state index is 0.0848. The van der Waals surface area contributed by atoms with Gasteiger partial charge in [-0.05, 0) is 24.3 Å². The van der Waals surface area contributed by atoms with Crippen LogP contribution < -0.4 is 15.1 Å². The molecule has 3 rings (SSSR count). The zero-order chi connectivity index (χ0) is 18.2. The van der Waals surface area contributed by atoms with E-state index in [4.69, 9.17) is 13.9 Å². The van der Waals surface area contributed by atoms with E-state index >= 15 is 0 Å². The average molecular weight is 351 g/mol. The van der Waals surface area contributed by atoms with Crippen LogP contribution in [0.2, 0.25) is 0 Å². The van der Waals surface area contributed by atoms with E-state index in [0.717, 1.165) is 12.1 Å². The summed E-state index contributed by atoms with van der Waals surface area (Å²) in [5, 5.41) is 0.174. The molecule has 0 aliphatic rings. The lowest BCUT2D eigenvalue weighted by atomic mass is 10.1. The molecule has 0 radical (unpaired) electrons. The second-order valence-electron chi connectivity index (χ2n) is 5.11. The van der Waals surface area contributed by atoms with Gasteiger partial charge in [-0.3, -0.25) is 0 Å². The molecule has 8 heteroatoms. The molecule has 0 aliphatic heterocycles. The maximum Gasteiger partial charge on any atom is 0.416 e. The molecule has 0 aliphatic carbocycles. The number of ether oxygens (including phenoxy) is 2. The SMILES string of the molecule is COc1cc2nc(-c3ccc(C(F)(F)F)cc3)oc(=O)c2cc1OC. The van der Waals surface area contributed by atoms with Gasteiger partial charge in [0.05, 0.1) is 30.7 Å². The van der Waals surface area contributed by atoms with Crippen LogP contribution in [0.5, 0.6) is 11.5 Å². The largest absolute Gasteiger partial charge is 0.493 e. The normalized spacial score (nSPS) is 11.6. The fourth-order valence-electron chi connectivity index (χ4n) is 2.32. The second-order valence-corrected chi connectivity index (χ2v) is 5.11. The minimum Gasteiger partial charge on any atom is -0.493 e. The van der Waals surface area contributed by atoms with E-state index < -0.39 is 17.4 Å². The first-order valence-corrected chi connectivity index (χ1v) is 7.08. The van der Waals surface area contributed by atoms with E-state index in [2.05, 4.69) is 4.98 Å². The van der Waals surface area contributed by atoms with Crippen molar-refractivity contribution in [1.29, 1.82) is 0 Å². The Labute approximate surface area is 139 Å². The van der Waals surface area contributed by atoms with Crippen molar-refractivity contribution in [3.8, 4) is 23.0 Å². The molecule has 1 aromatic heterocycles. The van der Waals surface area contributed by atoms with Gasteiger partial charge in [0.1, 0.15) is 0 Å². The third-order valence-corrected chi connectivity index (χ3v) is 3.59. The first-order chi connectivity index (χ1) is 11.8. The molecule has 130 valence electrons. The number of hydrogen-bond donors (Lipinski definition) is 0. The molecule has 0 unspecified atom stereocenters. The van der Waals surface area contributed by atoms with E-state index in [9.17, 15) is 18.0 Å². The molecule has 0 saturated heterocycles. The van der Waals surface area contributed by atoms with Crippen molar-refractivity contribution < 1.29 is 27.1 Å². The van der Waals surface area contributed by atoms with Crippen molar-refractivity contribution in [3.05, 3.63) is 52.4 Å². The van der Waals surface area contributed by atoms with E-state index in [-0.39, 0.29) is 22.4 Å². The standard InChI is InChI=1S/C17H12F3NO4/c1-23-13-7-11-12(8-14(13)24-2)21-15(25-16(11)22)9-3-5-10(6-4-9)17(18,19)20/h3-8H,1-2H3. The second kappa shape index (κ2) is 6.12. The lowest BCUT2D eigenvalue weighted by molar-refractivity contribution is -0.137. The number of methoxy groups -OCH3 is 2. The van der Waals surface area contributed by atoms with Crippen LogP contribution in [0.15, 0.2) is 45.6 Å². The van der Waals surface area contributed by atoms with Gasteiger partial charge in [-0.25, -0.2) is 9.78 Å². The van der Waals surface area contributed by atoms with Crippen LogP contribution in [0.25, 0.3) is 22.4 Å². The summed E-state index contributed by atoms with van der Waals surface area (Å²) in [6, 6.07) is 7.12. The molecule has 25 heavy (non-hydrogen) atoms. The Kier molecular flexibility index (Phi) is 4.12. The summed E-state index contributed by atoms with van der Waals surface area (Å²) >= 11 is 0. The summed E-state index contributed by atoms with van der Waals surface area (Å²) in [6.07, 6.45) is -4.44. The fraction of sp³-hybridized carbons (Fsp3) is 0.176. The third kappa shape index (κ3) is 3.15. The number of alkyl halides is 3. The Bertz CT molecular complexity index is 978. The Balaban J connectivity index is 2.13. The molecule has 3 aromatic rings. The Morgan fingerprint density at radius 1 is 1.00 bits per heavy atom. The van der Waals surface area contributed by atoms with Crippen LogP contribution in [-0.2, 0) is 6.18 Å². The zero-order valence-electron chi connectivity index (χ0n) is 13.2. The molecular weight excluding hydrogens is 339 g/mol. The predicted octanol–water partition coefficient (Wildman–Crippen LogP) is 3.89. The highest BCUT2D eigenvalue weighted by Gasteiger charge is 2.30. The van der Waals surface area contributed by atoms with Crippen molar-refractivity contribution >= 4 is 10.9 Å². The summed E-state index contributed by atoms with van der Waals surface area (Å²) in [7, 11) is 2.86. The number of nitrogens with zero attached hydrogens (tertiary/aromatic N) is 1. The minimum atomic E-state index is -4.44. The van der Waals surface area contributed by atoms with Gasteiger partial charge in [0.2, 0.25) is 5.89 Å². The van der Waals surface area contributed by atoms with Crippen LogP contribution >= 0.6 is 0 Å². The molecule has 0 atom stereocenters. The van der Waals surface area contributed by atoms with Crippen molar-refractivity contribution in [2.45, 2.75) is 6.18 Å². The highest BCUT2D eigenvalue weighted by atomic mass is 19.4. The summed E-state index contributed by atoms with van der Waals surface area (Å²) in [4.78, 5) is 16.4. The Morgan fingerprint density at radius 3 is 2.16 bits per heavy atom. The van der Waals surface area contributed by atoms with Crippen molar-refractivity contribution in [2.24, 2.45) is 0 Å². The first kappa shape index (κ1) is 16.8. The molecule has 0 amide bonds. The van der Waals surface area contributed by atoms with Gasteiger partial charge in [0.25, 0.3) is 0 Å². The molecular formula is C17H12F3NO4. The number of rotatable bonds is 3. The van der Waals surface area contributed by atoms with Gasteiger partial charge >= 0.3 is 11.8 Å². The van der Waals surface area contributed by atoms with Crippen LogP contribution in [0.3, 0.4) is 0 Å². The predicted molar refractivity (Wildman–Crippen MR) is 83.8 cm³/mol. The van der Waals surface area contributed by atoms with Crippen LogP contribution in [0.4, 0.5) is 13.2 Å². The van der Waals surface area contributed by atoms with E-state index in [1.54, 1.807) is 0 Å². The molecule has 0 fully saturated rings. The quantitative estimate of drug-likeness (QED) is 0.716. The van der Waals surface area contributed by atoms with Crippen LogP contribution in [-0.4, -0.2) is 19.2 Å². The molecule has 0 saturated carbocycles. The van der Waals surface area contributed by atoms with E-state index in [0.29, 0.717) is 11.5 Å². The highest BCUT2D eigenvalue weighted by Crippen LogP contribution is 2.32. The van der Waals surface area contributed by atoms with Gasteiger partial charge in [0.15, 0.2) is 11.5 Å². The van der Waals surface area contributed by atoms with Gasteiger partial charge in [-0.2, -0.15) is 13.2 Å². The maximum absolute atomic E-state index is 12.6. The van der Waals surface area contributed by atoms with Gasteiger partial charge in [0, 0.05) is 17.7 Å². The van der Waals surface area contributed by atoms with Crippen molar-refractivity contribution in [3.63, 3.8) is 0 Å².